The molecule has 2 N–H and O–H groups in total. The molecule has 2 heterocycles. The van der Waals surface area contributed by atoms with Gasteiger partial charge in [-0.15, -0.1) is 0 Å². The SMILES string of the molecule is Cc1ccc(C2CC(c3ccc4c5c([nH]c4c3)CCCC5)=NN2)cc1. The fraction of sp³-hybridized carbons (Fsp3) is 0.318. The van der Waals surface area contributed by atoms with Crippen LogP contribution in [-0.2, 0) is 12.8 Å². The molecule has 0 fully saturated rings. The summed E-state index contributed by atoms with van der Waals surface area (Å²) in [4.78, 5) is 3.65. The summed E-state index contributed by atoms with van der Waals surface area (Å²) < 4.78 is 0. The van der Waals surface area contributed by atoms with Crippen LogP contribution in [0.15, 0.2) is 47.6 Å². The quantitative estimate of drug-likeness (QED) is 0.697. The summed E-state index contributed by atoms with van der Waals surface area (Å²) in [6, 6.07) is 15.8. The van der Waals surface area contributed by atoms with E-state index in [0.29, 0.717) is 0 Å². The Morgan fingerprint density at radius 3 is 2.72 bits per heavy atom. The predicted molar refractivity (Wildman–Crippen MR) is 103 cm³/mol. The van der Waals surface area contributed by atoms with Crippen LogP contribution in [0.25, 0.3) is 10.9 Å². The number of hydrogen-bond acceptors (Lipinski definition) is 2. The molecule has 5 rings (SSSR count). The Morgan fingerprint density at radius 2 is 1.84 bits per heavy atom. The molecule has 1 unspecified atom stereocenters. The largest absolute Gasteiger partial charge is 0.358 e. The van der Waals surface area contributed by atoms with Gasteiger partial charge >= 0.3 is 0 Å². The summed E-state index contributed by atoms with van der Waals surface area (Å²) in [7, 11) is 0. The third-order valence-corrected chi connectivity index (χ3v) is 5.66. The lowest BCUT2D eigenvalue weighted by Crippen LogP contribution is -2.09. The highest BCUT2D eigenvalue weighted by atomic mass is 15.3. The molecule has 1 aliphatic carbocycles. The molecule has 1 atom stereocenters. The van der Waals surface area contributed by atoms with Gasteiger partial charge < -0.3 is 10.4 Å². The Bertz CT molecular complexity index is 963. The summed E-state index contributed by atoms with van der Waals surface area (Å²) in [6.45, 7) is 2.12. The lowest BCUT2D eigenvalue weighted by molar-refractivity contribution is 0.620. The molecule has 1 aromatic heterocycles. The van der Waals surface area contributed by atoms with Crippen LogP contribution in [0.1, 0.15) is 53.3 Å². The first kappa shape index (κ1) is 14.8. The molecule has 0 bridgehead atoms. The second-order valence-electron chi connectivity index (χ2n) is 7.40. The van der Waals surface area contributed by atoms with Gasteiger partial charge in [0.25, 0.3) is 0 Å². The first-order chi connectivity index (χ1) is 12.3. The van der Waals surface area contributed by atoms with Gasteiger partial charge in [0.05, 0.1) is 11.8 Å². The van der Waals surface area contributed by atoms with E-state index in [9.17, 15) is 0 Å². The Labute approximate surface area is 148 Å². The second-order valence-corrected chi connectivity index (χ2v) is 7.40. The number of hydrogen-bond donors (Lipinski definition) is 2. The van der Waals surface area contributed by atoms with Gasteiger partial charge in [0.15, 0.2) is 0 Å². The number of H-pyrrole nitrogens is 1. The molecule has 0 spiro atoms. The van der Waals surface area contributed by atoms with Crippen LogP contribution in [0.3, 0.4) is 0 Å². The fourth-order valence-corrected chi connectivity index (χ4v) is 4.21. The van der Waals surface area contributed by atoms with Crippen molar-refractivity contribution < 1.29 is 0 Å². The molecule has 126 valence electrons. The molecule has 3 aromatic rings. The molecular formula is C22H23N3. The van der Waals surface area contributed by atoms with Crippen molar-refractivity contribution in [2.75, 3.05) is 0 Å². The second kappa shape index (κ2) is 5.76. The maximum Gasteiger partial charge on any atom is 0.0745 e. The van der Waals surface area contributed by atoms with Gasteiger partial charge in [0.2, 0.25) is 0 Å². The van der Waals surface area contributed by atoms with Gasteiger partial charge in [-0.2, -0.15) is 5.10 Å². The standard InChI is InChI=1S/C22H23N3/c1-14-6-8-15(9-7-14)20-13-21(25-24-20)16-10-11-18-17-4-2-3-5-19(17)23-22(18)12-16/h6-12,20,23-24H,2-5,13H2,1H3. The Hall–Kier alpha value is -2.55. The average molecular weight is 329 g/mol. The van der Waals surface area contributed by atoms with Crippen molar-refractivity contribution in [3.8, 4) is 0 Å². The number of nitrogens with one attached hydrogen (secondary N) is 2. The zero-order valence-corrected chi connectivity index (χ0v) is 14.6. The van der Waals surface area contributed by atoms with E-state index in [0.717, 1.165) is 12.1 Å². The van der Waals surface area contributed by atoms with Crippen LogP contribution in [-0.4, -0.2) is 10.7 Å². The monoisotopic (exact) mass is 329 g/mol. The van der Waals surface area contributed by atoms with Gasteiger partial charge in [0.1, 0.15) is 0 Å². The number of rotatable bonds is 2. The predicted octanol–water partition coefficient (Wildman–Crippen LogP) is 4.79. The van der Waals surface area contributed by atoms with Gasteiger partial charge in [-0.3, -0.25) is 0 Å². The van der Waals surface area contributed by atoms with Crippen LogP contribution >= 0.6 is 0 Å². The van der Waals surface area contributed by atoms with Crippen molar-refractivity contribution in [2.24, 2.45) is 5.10 Å². The number of aryl methyl sites for hydroxylation is 3. The molecule has 0 saturated heterocycles. The number of aromatic amines is 1. The van der Waals surface area contributed by atoms with E-state index in [1.807, 2.05) is 0 Å². The third kappa shape index (κ3) is 2.55. The molecular weight excluding hydrogens is 306 g/mol. The molecule has 25 heavy (non-hydrogen) atoms. The maximum absolute atomic E-state index is 4.63. The zero-order chi connectivity index (χ0) is 16.8. The normalized spacial score (nSPS) is 19.6. The van der Waals surface area contributed by atoms with Crippen molar-refractivity contribution in [3.63, 3.8) is 0 Å². The topological polar surface area (TPSA) is 40.2 Å². The fourth-order valence-electron chi connectivity index (χ4n) is 4.21. The summed E-state index contributed by atoms with van der Waals surface area (Å²) in [5.74, 6) is 0. The number of nitrogens with zero attached hydrogens (tertiary/aromatic N) is 1. The van der Waals surface area contributed by atoms with Crippen LogP contribution in [0.4, 0.5) is 0 Å². The lowest BCUT2D eigenvalue weighted by Gasteiger charge is -2.10. The Morgan fingerprint density at radius 1 is 1.00 bits per heavy atom. The number of fused-ring (bicyclic) bond motifs is 3. The van der Waals surface area contributed by atoms with Gasteiger partial charge in [-0.05, 0) is 55.4 Å². The van der Waals surface area contributed by atoms with E-state index in [2.05, 4.69) is 64.9 Å². The van der Waals surface area contributed by atoms with E-state index in [1.165, 1.54) is 64.5 Å². The minimum atomic E-state index is 0.281. The van der Waals surface area contributed by atoms with E-state index >= 15 is 0 Å². The third-order valence-electron chi connectivity index (χ3n) is 5.66. The first-order valence-electron chi connectivity index (χ1n) is 9.30. The van der Waals surface area contributed by atoms with Crippen LogP contribution in [0.5, 0.6) is 0 Å². The van der Waals surface area contributed by atoms with E-state index in [-0.39, 0.29) is 6.04 Å². The number of benzene rings is 2. The Kier molecular flexibility index (Phi) is 3.40. The molecule has 3 heteroatoms. The molecule has 3 nitrogen and oxygen atoms in total. The highest BCUT2D eigenvalue weighted by Crippen LogP contribution is 2.31. The smallest absolute Gasteiger partial charge is 0.0745 e. The van der Waals surface area contributed by atoms with E-state index in [1.54, 1.807) is 0 Å². The first-order valence-corrected chi connectivity index (χ1v) is 9.30. The van der Waals surface area contributed by atoms with Gasteiger partial charge in [-0.25, -0.2) is 0 Å². The number of aromatic nitrogens is 1. The van der Waals surface area contributed by atoms with Gasteiger partial charge in [-0.1, -0.05) is 42.0 Å². The minimum absolute atomic E-state index is 0.281. The highest BCUT2D eigenvalue weighted by molar-refractivity contribution is 6.04. The minimum Gasteiger partial charge on any atom is -0.358 e. The van der Waals surface area contributed by atoms with Crippen molar-refractivity contribution in [3.05, 3.63) is 70.4 Å². The molecule has 2 aliphatic rings. The number of hydrazone groups is 1. The van der Waals surface area contributed by atoms with Crippen molar-refractivity contribution >= 4 is 16.6 Å². The van der Waals surface area contributed by atoms with Gasteiger partial charge in [0, 0.05) is 23.0 Å². The molecule has 0 saturated carbocycles. The molecule has 0 radical (unpaired) electrons. The van der Waals surface area contributed by atoms with Crippen LogP contribution < -0.4 is 5.43 Å². The maximum atomic E-state index is 4.63. The van der Waals surface area contributed by atoms with Crippen molar-refractivity contribution in [2.45, 2.75) is 45.1 Å². The van der Waals surface area contributed by atoms with Crippen LogP contribution in [0.2, 0.25) is 0 Å². The van der Waals surface area contributed by atoms with Crippen molar-refractivity contribution in [1.82, 2.24) is 10.4 Å². The Balaban J connectivity index is 1.43. The summed E-state index contributed by atoms with van der Waals surface area (Å²) in [5, 5.41) is 6.03. The lowest BCUT2D eigenvalue weighted by atomic mass is 9.94. The highest BCUT2D eigenvalue weighted by Gasteiger charge is 2.22. The summed E-state index contributed by atoms with van der Waals surface area (Å²) >= 11 is 0. The zero-order valence-electron chi connectivity index (χ0n) is 14.6. The van der Waals surface area contributed by atoms with Crippen molar-refractivity contribution in [1.29, 1.82) is 0 Å². The average Bonchev–Trinajstić information content (AvgIpc) is 3.26. The van der Waals surface area contributed by atoms with E-state index in [4.69, 9.17) is 0 Å². The molecule has 0 amide bonds. The van der Waals surface area contributed by atoms with E-state index < -0.39 is 0 Å². The summed E-state index contributed by atoms with van der Waals surface area (Å²) in [6.07, 6.45) is 5.97. The molecule has 1 aliphatic heterocycles. The summed E-state index contributed by atoms with van der Waals surface area (Å²) in [5.41, 5.74) is 12.6. The van der Waals surface area contributed by atoms with Crippen LogP contribution in [0, 0.1) is 6.92 Å². The molecule has 2 aromatic carbocycles.